The summed E-state index contributed by atoms with van der Waals surface area (Å²) in [6, 6.07) is 10.2. The maximum Gasteiger partial charge on any atom is 0.226 e. The number of carbonyl (C=O) groups excluding carboxylic acids is 1. The summed E-state index contributed by atoms with van der Waals surface area (Å²) < 4.78 is 13.4. The van der Waals surface area contributed by atoms with E-state index >= 15 is 0 Å². The van der Waals surface area contributed by atoms with Gasteiger partial charge in [-0.05, 0) is 30.7 Å². The Morgan fingerprint density at radius 3 is 2.80 bits per heavy atom. The van der Waals surface area contributed by atoms with Gasteiger partial charge in [-0.15, -0.1) is 11.8 Å². The van der Waals surface area contributed by atoms with Crippen molar-refractivity contribution in [3.63, 3.8) is 0 Å². The molecule has 104 valence electrons. The van der Waals surface area contributed by atoms with Crippen LogP contribution in [-0.2, 0) is 4.79 Å². The zero-order valence-electron chi connectivity index (χ0n) is 11.1. The number of halogens is 1. The predicted molar refractivity (Wildman–Crippen MR) is 79.3 cm³/mol. The summed E-state index contributed by atoms with van der Waals surface area (Å²) in [6.07, 6.45) is 2.01. The molecular weight excluding hydrogens is 275 g/mol. The van der Waals surface area contributed by atoms with Gasteiger partial charge in [0, 0.05) is 23.3 Å². The molecule has 1 N–H and O–H groups in total. The van der Waals surface area contributed by atoms with Crippen LogP contribution >= 0.6 is 11.8 Å². The number of anilines is 1. The smallest absolute Gasteiger partial charge is 0.226 e. The average molecular weight is 290 g/mol. The molecule has 0 radical (unpaired) electrons. The molecule has 0 atom stereocenters. The summed E-state index contributed by atoms with van der Waals surface area (Å²) in [7, 11) is 0. The molecule has 1 aromatic carbocycles. The Hall–Kier alpha value is -1.88. The van der Waals surface area contributed by atoms with E-state index in [-0.39, 0.29) is 11.7 Å². The van der Waals surface area contributed by atoms with Gasteiger partial charge in [0.1, 0.15) is 11.6 Å². The minimum absolute atomic E-state index is 0.120. The Morgan fingerprint density at radius 2 is 2.10 bits per heavy atom. The summed E-state index contributed by atoms with van der Waals surface area (Å²) in [5.74, 6) is 0.693. The third-order valence-corrected chi connectivity index (χ3v) is 3.65. The van der Waals surface area contributed by atoms with E-state index in [4.69, 9.17) is 0 Å². The van der Waals surface area contributed by atoms with E-state index in [0.29, 0.717) is 22.9 Å². The van der Waals surface area contributed by atoms with Crippen molar-refractivity contribution < 1.29 is 9.18 Å². The van der Waals surface area contributed by atoms with Gasteiger partial charge in [0.15, 0.2) is 0 Å². The van der Waals surface area contributed by atoms with Crippen molar-refractivity contribution >= 4 is 23.5 Å². The molecule has 5 heteroatoms. The van der Waals surface area contributed by atoms with Crippen molar-refractivity contribution in [2.75, 3.05) is 11.1 Å². The Kier molecular flexibility index (Phi) is 5.12. The predicted octanol–water partition coefficient (Wildman–Crippen LogP) is 3.65. The van der Waals surface area contributed by atoms with Gasteiger partial charge in [-0.2, -0.15) is 0 Å². The molecule has 0 aliphatic rings. The van der Waals surface area contributed by atoms with E-state index in [1.807, 2.05) is 13.0 Å². The Morgan fingerprint density at radius 1 is 1.30 bits per heavy atom. The Balaban J connectivity index is 1.78. The molecule has 3 nitrogen and oxygen atoms in total. The normalized spacial score (nSPS) is 10.3. The van der Waals surface area contributed by atoms with Crippen molar-refractivity contribution in [2.45, 2.75) is 18.2 Å². The summed E-state index contributed by atoms with van der Waals surface area (Å²) in [5.41, 5.74) is 1.04. The lowest BCUT2D eigenvalue weighted by atomic mass is 10.3. The number of aromatic nitrogens is 1. The molecule has 1 amide bonds. The van der Waals surface area contributed by atoms with E-state index in [9.17, 15) is 9.18 Å². The summed E-state index contributed by atoms with van der Waals surface area (Å²) in [5, 5.41) is 2.71. The number of nitrogens with one attached hydrogen (secondary N) is 1. The number of pyridine rings is 1. The first-order chi connectivity index (χ1) is 9.65. The number of hydrogen-bond acceptors (Lipinski definition) is 3. The average Bonchev–Trinajstić information content (AvgIpc) is 2.43. The molecule has 0 unspecified atom stereocenters. The third kappa shape index (κ3) is 4.35. The van der Waals surface area contributed by atoms with Crippen LogP contribution in [0.1, 0.15) is 12.0 Å². The molecule has 2 rings (SSSR count). The number of thioether (sulfide) groups is 1. The topological polar surface area (TPSA) is 42.0 Å². The van der Waals surface area contributed by atoms with Crippen molar-refractivity contribution in [1.82, 2.24) is 4.98 Å². The highest BCUT2D eigenvalue weighted by Gasteiger charge is 2.05. The highest BCUT2D eigenvalue weighted by Crippen LogP contribution is 2.21. The molecule has 20 heavy (non-hydrogen) atoms. The maximum atomic E-state index is 13.4. The lowest BCUT2D eigenvalue weighted by Crippen LogP contribution is -2.13. The van der Waals surface area contributed by atoms with E-state index in [0.717, 1.165) is 5.56 Å². The molecule has 1 heterocycles. The van der Waals surface area contributed by atoms with Gasteiger partial charge in [0.2, 0.25) is 5.91 Å². The van der Waals surface area contributed by atoms with Gasteiger partial charge in [0.05, 0.1) is 0 Å². The van der Waals surface area contributed by atoms with Crippen LogP contribution in [0.5, 0.6) is 0 Å². The molecule has 0 fully saturated rings. The second kappa shape index (κ2) is 7.05. The number of hydrogen-bond donors (Lipinski definition) is 1. The SMILES string of the molecule is Cc1ccc(NC(=O)CCSc2ccccc2F)nc1. The van der Waals surface area contributed by atoms with Crippen molar-refractivity contribution in [1.29, 1.82) is 0 Å². The molecule has 0 bridgehead atoms. The fourth-order valence-electron chi connectivity index (χ4n) is 1.56. The van der Waals surface area contributed by atoms with Crippen molar-refractivity contribution in [3.05, 3.63) is 54.0 Å². The number of benzene rings is 1. The summed E-state index contributed by atoms with van der Waals surface area (Å²) in [4.78, 5) is 16.4. The van der Waals surface area contributed by atoms with Gasteiger partial charge < -0.3 is 5.32 Å². The van der Waals surface area contributed by atoms with Crippen LogP contribution in [0.25, 0.3) is 0 Å². The molecule has 0 aliphatic heterocycles. The number of nitrogens with zero attached hydrogens (tertiary/aromatic N) is 1. The molecule has 0 aliphatic carbocycles. The first-order valence-electron chi connectivity index (χ1n) is 6.25. The molecule has 0 saturated carbocycles. The van der Waals surface area contributed by atoms with Crippen molar-refractivity contribution in [2.24, 2.45) is 0 Å². The summed E-state index contributed by atoms with van der Waals surface area (Å²) in [6.45, 7) is 1.93. The van der Waals surface area contributed by atoms with Gasteiger partial charge >= 0.3 is 0 Å². The number of carbonyl (C=O) groups is 1. The number of aryl methyl sites for hydroxylation is 1. The lowest BCUT2D eigenvalue weighted by Gasteiger charge is -2.05. The zero-order chi connectivity index (χ0) is 14.4. The second-order valence-corrected chi connectivity index (χ2v) is 5.43. The van der Waals surface area contributed by atoms with Gasteiger partial charge in [-0.25, -0.2) is 9.37 Å². The largest absolute Gasteiger partial charge is 0.311 e. The van der Waals surface area contributed by atoms with E-state index in [1.165, 1.54) is 17.8 Å². The lowest BCUT2D eigenvalue weighted by molar-refractivity contribution is -0.115. The highest BCUT2D eigenvalue weighted by molar-refractivity contribution is 7.99. The first-order valence-corrected chi connectivity index (χ1v) is 7.23. The van der Waals surface area contributed by atoms with E-state index in [2.05, 4.69) is 10.3 Å². The van der Waals surface area contributed by atoms with Crippen LogP contribution in [0, 0.1) is 12.7 Å². The Labute approximate surface area is 121 Å². The molecule has 2 aromatic rings. The monoisotopic (exact) mass is 290 g/mol. The molecule has 0 saturated heterocycles. The van der Waals surface area contributed by atoms with E-state index in [1.54, 1.807) is 30.5 Å². The van der Waals surface area contributed by atoms with E-state index < -0.39 is 0 Å². The fourth-order valence-corrected chi connectivity index (χ4v) is 2.45. The van der Waals surface area contributed by atoms with Gasteiger partial charge in [0.25, 0.3) is 0 Å². The van der Waals surface area contributed by atoms with Gasteiger partial charge in [-0.1, -0.05) is 18.2 Å². The van der Waals surface area contributed by atoms with Crippen LogP contribution in [0.4, 0.5) is 10.2 Å². The minimum Gasteiger partial charge on any atom is -0.311 e. The highest BCUT2D eigenvalue weighted by atomic mass is 32.2. The first kappa shape index (κ1) is 14.5. The summed E-state index contributed by atoms with van der Waals surface area (Å²) >= 11 is 1.33. The standard InChI is InChI=1S/C15H15FN2OS/c1-11-6-7-14(17-10-11)18-15(19)8-9-20-13-5-3-2-4-12(13)16/h2-7,10H,8-9H2,1H3,(H,17,18,19). The van der Waals surface area contributed by atoms with Crippen molar-refractivity contribution in [3.8, 4) is 0 Å². The van der Waals surface area contributed by atoms with Crippen LogP contribution in [-0.4, -0.2) is 16.6 Å². The molecule has 1 aromatic heterocycles. The molecule has 0 spiro atoms. The fraction of sp³-hybridized carbons (Fsp3) is 0.200. The maximum absolute atomic E-state index is 13.4. The third-order valence-electron chi connectivity index (χ3n) is 2.60. The van der Waals surface area contributed by atoms with Crippen LogP contribution in [0.3, 0.4) is 0 Å². The molecular formula is C15H15FN2OS. The van der Waals surface area contributed by atoms with Crippen LogP contribution in [0.2, 0.25) is 0 Å². The second-order valence-electron chi connectivity index (χ2n) is 4.30. The Bertz CT molecular complexity index is 587. The zero-order valence-corrected chi connectivity index (χ0v) is 11.9. The minimum atomic E-state index is -0.252. The van der Waals surface area contributed by atoms with Gasteiger partial charge in [-0.3, -0.25) is 4.79 Å². The quantitative estimate of drug-likeness (QED) is 0.855. The van der Waals surface area contributed by atoms with Crippen LogP contribution in [0.15, 0.2) is 47.5 Å². The number of amides is 1. The van der Waals surface area contributed by atoms with Crippen LogP contribution < -0.4 is 5.32 Å². The number of rotatable bonds is 5.